The van der Waals surface area contributed by atoms with E-state index in [0.717, 1.165) is 30.8 Å². The van der Waals surface area contributed by atoms with E-state index >= 15 is 0 Å². The average molecular weight is 731 g/mol. The molecular weight excluding hydrogens is 690 g/mol. The second kappa shape index (κ2) is 18.2. The highest BCUT2D eigenvalue weighted by Crippen LogP contribution is 2.24. The Hall–Kier alpha value is -2.60. The van der Waals surface area contributed by atoms with Crippen molar-refractivity contribution in [2.24, 2.45) is 0 Å². The van der Waals surface area contributed by atoms with Gasteiger partial charge in [0.1, 0.15) is 12.6 Å². The molecule has 2 aromatic carbocycles. The van der Waals surface area contributed by atoms with Crippen LogP contribution in [0.15, 0.2) is 36.4 Å². The number of benzene rings is 2. The van der Waals surface area contributed by atoms with Crippen molar-refractivity contribution in [3.05, 3.63) is 67.6 Å². The largest absolute Gasteiger partial charge is 0.465 e. The maximum Gasteiger partial charge on any atom is 0.325 e. The van der Waals surface area contributed by atoms with Crippen molar-refractivity contribution in [1.29, 1.82) is 0 Å². The second-order valence-corrected chi connectivity index (χ2v) is 13.2. The number of carbonyl (C=O) groups is 4. The molecule has 0 spiro atoms. The Labute approximate surface area is 295 Å². The molecule has 1 unspecified atom stereocenters. The molecule has 2 heterocycles. The van der Waals surface area contributed by atoms with E-state index < -0.39 is 17.9 Å². The van der Waals surface area contributed by atoms with Gasteiger partial charge in [0.15, 0.2) is 0 Å². The molecule has 2 aromatic rings. The van der Waals surface area contributed by atoms with Gasteiger partial charge in [0, 0.05) is 59.4 Å². The van der Waals surface area contributed by atoms with Gasteiger partial charge < -0.3 is 24.2 Å². The monoisotopic (exact) mass is 728 g/mol. The summed E-state index contributed by atoms with van der Waals surface area (Å²) in [4.78, 5) is 60.6. The fourth-order valence-electron chi connectivity index (χ4n) is 5.72. The van der Waals surface area contributed by atoms with Gasteiger partial charge in [-0.1, -0.05) is 58.5 Å². The minimum absolute atomic E-state index is 0.103. The number of amides is 3. The predicted octanol–water partition coefficient (Wildman–Crippen LogP) is 4.63. The van der Waals surface area contributed by atoms with Gasteiger partial charge in [0.2, 0.25) is 17.7 Å². The second-order valence-electron chi connectivity index (χ2n) is 11.5. The Balaban J connectivity index is 1.51. The number of esters is 1. The lowest BCUT2D eigenvalue weighted by Gasteiger charge is -2.41. The van der Waals surface area contributed by atoms with Crippen molar-refractivity contribution in [2.45, 2.75) is 38.6 Å². The number of hydrogen-bond donors (Lipinski definition) is 0. The molecule has 0 bridgehead atoms. The highest BCUT2D eigenvalue weighted by atomic mass is 35.5. The van der Waals surface area contributed by atoms with Crippen LogP contribution in [0.3, 0.4) is 0 Å². The number of morpholine rings is 1. The lowest BCUT2D eigenvalue weighted by molar-refractivity contribution is -0.159. The number of nitrogens with zero attached hydrogens (tertiary/aromatic N) is 4. The lowest BCUT2D eigenvalue weighted by Crippen LogP contribution is -2.61. The normalized spacial score (nSPS) is 17.3. The lowest BCUT2D eigenvalue weighted by atomic mass is 10.0. The van der Waals surface area contributed by atoms with Crippen molar-refractivity contribution in [1.82, 2.24) is 19.6 Å². The minimum Gasteiger partial charge on any atom is -0.465 e. The highest BCUT2D eigenvalue weighted by Gasteiger charge is 2.41. The van der Waals surface area contributed by atoms with Crippen LogP contribution in [0.1, 0.15) is 30.9 Å². The first-order valence-corrected chi connectivity index (χ1v) is 17.3. The topological polar surface area (TPSA) is 99.7 Å². The molecule has 0 radical (unpaired) electrons. The Morgan fingerprint density at radius 2 is 1.55 bits per heavy atom. The maximum absolute atomic E-state index is 14.0. The maximum atomic E-state index is 14.0. The molecule has 3 amide bonds. The predicted molar refractivity (Wildman–Crippen MR) is 182 cm³/mol. The summed E-state index contributed by atoms with van der Waals surface area (Å²) in [5, 5.41) is 1.90. The van der Waals surface area contributed by atoms with Crippen LogP contribution < -0.4 is 0 Å². The molecule has 0 saturated carbocycles. The van der Waals surface area contributed by atoms with Crippen molar-refractivity contribution in [3.63, 3.8) is 0 Å². The highest BCUT2D eigenvalue weighted by molar-refractivity contribution is 6.35. The number of ether oxygens (including phenoxy) is 2. The third-order valence-corrected chi connectivity index (χ3v) is 9.45. The Morgan fingerprint density at radius 3 is 2.17 bits per heavy atom. The van der Waals surface area contributed by atoms with Gasteiger partial charge in [0.25, 0.3) is 0 Å². The zero-order chi connectivity index (χ0) is 33.9. The summed E-state index contributed by atoms with van der Waals surface area (Å²) in [6.45, 7) is 5.78. The first kappa shape index (κ1) is 37.2. The van der Waals surface area contributed by atoms with Crippen LogP contribution in [0.5, 0.6) is 0 Å². The molecule has 0 aliphatic carbocycles. The molecule has 47 heavy (non-hydrogen) atoms. The van der Waals surface area contributed by atoms with Crippen molar-refractivity contribution >= 4 is 70.1 Å². The zero-order valence-electron chi connectivity index (χ0n) is 26.4. The van der Waals surface area contributed by atoms with Crippen LogP contribution in [0.4, 0.5) is 0 Å². The molecular formula is C33H40Cl4N4O6. The van der Waals surface area contributed by atoms with E-state index in [9.17, 15) is 19.2 Å². The summed E-state index contributed by atoms with van der Waals surface area (Å²) >= 11 is 24.8. The molecule has 256 valence electrons. The fourth-order valence-corrected chi connectivity index (χ4v) is 6.72. The molecule has 2 aliphatic heterocycles. The number of piperazine rings is 1. The molecule has 0 aromatic heterocycles. The summed E-state index contributed by atoms with van der Waals surface area (Å²) in [5.74, 6) is -1.59. The van der Waals surface area contributed by atoms with Crippen LogP contribution in [-0.4, -0.2) is 122 Å². The van der Waals surface area contributed by atoms with Crippen LogP contribution in [0.25, 0.3) is 0 Å². The zero-order valence-corrected chi connectivity index (χ0v) is 29.4. The van der Waals surface area contributed by atoms with Crippen molar-refractivity contribution in [3.8, 4) is 0 Å². The first-order chi connectivity index (χ1) is 22.5. The van der Waals surface area contributed by atoms with Crippen LogP contribution in [0.2, 0.25) is 20.1 Å². The van der Waals surface area contributed by atoms with Gasteiger partial charge in [-0.15, -0.1) is 0 Å². The van der Waals surface area contributed by atoms with E-state index in [4.69, 9.17) is 55.9 Å². The molecule has 4 rings (SSSR count). The van der Waals surface area contributed by atoms with Gasteiger partial charge in [-0.3, -0.25) is 24.1 Å². The molecule has 2 saturated heterocycles. The van der Waals surface area contributed by atoms with E-state index in [0.29, 0.717) is 59.1 Å². The summed E-state index contributed by atoms with van der Waals surface area (Å²) < 4.78 is 10.6. The van der Waals surface area contributed by atoms with Gasteiger partial charge in [-0.05, 0) is 61.6 Å². The number of rotatable bonds is 15. The Kier molecular flexibility index (Phi) is 14.4. The summed E-state index contributed by atoms with van der Waals surface area (Å²) in [6, 6.07) is 9.20. The molecule has 2 fully saturated rings. The number of carbonyl (C=O) groups excluding carboxylic acids is 4. The fraction of sp³-hybridized carbons (Fsp3) is 0.515. The third-order valence-electron chi connectivity index (χ3n) is 8.27. The summed E-state index contributed by atoms with van der Waals surface area (Å²) in [7, 11) is 0. The first-order valence-electron chi connectivity index (χ1n) is 15.7. The van der Waals surface area contributed by atoms with Gasteiger partial charge in [0.05, 0.1) is 32.8 Å². The van der Waals surface area contributed by atoms with Gasteiger partial charge in [-0.2, -0.15) is 0 Å². The third kappa shape index (κ3) is 11.0. The smallest absolute Gasteiger partial charge is 0.325 e. The summed E-state index contributed by atoms with van der Waals surface area (Å²) in [6.07, 6.45) is 1.10. The van der Waals surface area contributed by atoms with Crippen LogP contribution in [0, 0.1) is 0 Å². The Morgan fingerprint density at radius 1 is 0.915 bits per heavy atom. The molecule has 2 aliphatic rings. The standard InChI is InChI=1S/C33H40Cl4N4O6/c1-2-47-32(44)22-39(12-8-23-4-6-25(34)18-27(23)36)30(42)20-29-33(45)40(13-9-24-5-7-26(35)19-28(24)37)21-31(43)41(29)11-3-10-38-14-16-46-17-15-38/h4-7,18-19,29H,2-3,8-17,20-22H2,1H3. The number of hydrogen-bond acceptors (Lipinski definition) is 7. The van der Waals surface area contributed by atoms with E-state index in [1.807, 2.05) is 0 Å². The van der Waals surface area contributed by atoms with E-state index in [2.05, 4.69) is 4.90 Å². The van der Waals surface area contributed by atoms with Gasteiger partial charge in [-0.25, -0.2) is 0 Å². The van der Waals surface area contributed by atoms with E-state index in [-0.39, 0.29) is 51.0 Å². The molecule has 10 nitrogen and oxygen atoms in total. The van der Waals surface area contributed by atoms with E-state index in [1.54, 1.807) is 43.3 Å². The van der Waals surface area contributed by atoms with Gasteiger partial charge >= 0.3 is 5.97 Å². The SMILES string of the molecule is CCOC(=O)CN(CCc1ccc(Cl)cc1Cl)C(=O)CC1C(=O)N(CCc2ccc(Cl)cc2Cl)CC(=O)N1CCCN1CCOCC1. The average Bonchev–Trinajstić information content (AvgIpc) is 3.03. The van der Waals surface area contributed by atoms with Crippen LogP contribution >= 0.6 is 46.4 Å². The molecule has 1 atom stereocenters. The summed E-state index contributed by atoms with van der Waals surface area (Å²) in [5.41, 5.74) is 1.54. The Bertz CT molecular complexity index is 1420. The van der Waals surface area contributed by atoms with Crippen LogP contribution in [-0.2, 0) is 41.5 Å². The molecule has 14 heteroatoms. The minimum atomic E-state index is -1.03. The molecule has 0 N–H and O–H groups in total. The van der Waals surface area contributed by atoms with Crippen molar-refractivity contribution < 1.29 is 28.7 Å². The van der Waals surface area contributed by atoms with Crippen molar-refractivity contribution in [2.75, 3.05) is 72.2 Å². The van der Waals surface area contributed by atoms with E-state index in [1.165, 1.54) is 14.7 Å². The number of halogens is 4. The quantitative estimate of drug-likeness (QED) is 0.247.